The zero-order chi connectivity index (χ0) is 9.38. The third kappa shape index (κ3) is 1.09. The van der Waals surface area contributed by atoms with Crippen molar-refractivity contribution in [3.8, 4) is 5.88 Å². The van der Waals surface area contributed by atoms with Crippen molar-refractivity contribution in [1.29, 1.82) is 0 Å². The SMILES string of the molecule is c1ccc2nc3c(cc2c1)NCCO3. The second-order valence-corrected chi connectivity index (χ2v) is 3.31. The molecule has 0 spiro atoms. The maximum Gasteiger partial charge on any atom is 0.238 e. The minimum atomic E-state index is 0.693. The molecule has 2 heterocycles. The monoisotopic (exact) mass is 186 g/mol. The van der Waals surface area contributed by atoms with Gasteiger partial charge in [0.05, 0.1) is 11.2 Å². The van der Waals surface area contributed by atoms with E-state index in [1.807, 2.05) is 18.2 Å². The van der Waals surface area contributed by atoms with Crippen molar-refractivity contribution in [2.75, 3.05) is 18.5 Å². The number of para-hydroxylation sites is 1. The minimum absolute atomic E-state index is 0.693. The van der Waals surface area contributed by atoms with Crippen LogP contribution in [-0.2, 0) is 0 Å². The number of benzene rings is 1. The Morgan fingerprint density at radius 3 is 3.21 bits per heavy atom. The van der Waals surface area contributed by atoms with E-state index in [4.69, 9.17) is 4.74 Å². The van der Waals surface area contributed by atoms with Gasteiger partial charge in [0, 0.05) is 11.9 Å². The number of nitrogens with one attached hydrogen (secondary N) is 1. The Morgan fingerprint density at radius 1 is 1.29 bits per heavy atom. The fourth-order valence-corrected chi connectivity index (χ4v) is 1.67. The Bertz CT molecular complexity index is 437. The summed E-state index contributed by atoms with van der Waals surface area (Å²) >= 11 is 0. The molecule has 1 aliphatic heterocycles. The minimum Gasteiger partial charge on any atom is -0.474 e. The van der Waals surface area contributed by atoms with Crippen LogP contribution in [0.2, 0.25) is 0 Å². The number of rotatable bonds is 0. The van der Waals surface area contributed by atoms with Crippen molar-refractivity contribution < 1.29 is 4.74 Å². The normalized spacial score (nSPS) is 14.3. The number of fused-ring (bicyclic) bond motifs is 2. The van der Waals surface area contributed by atoms with Crippen LogP contribution in [0.4, 0.5) is 5.69 Å². The Balaban J connectivity index is 2.27. The molecule has 0 amide bonds. The largest absolute Gasteiger partial charge is 0.474 e. The molecule has 0 saturated heterocycles. The molecule has 70 valence electrons. The van der Waals surface area contributed by atoms with Gasteiger partial charge in [-0.1, -0.05) is 18.2 Å². The van der Waals surface area contributed by atoms with Gasteiger partial charge >= 0.3 is 0 Å². The van der Waals surface area contributed by atoms with E-state index in [0.29, 0.717) is 6.61 Å². The van der Waals surface area contributed by atoms with Crippen LogP contribution >= 0.6 is 0 Å². The summed E-state index contributed by atoms with van der Waals surface area (Å²) in [6.07, 6.45) is 0. The first kappa shape index (κ1) is 7.62. The molecular weight excluding hydrogens is 176 g/mol. The molecule has 1 N–H and O–H groups in total. The van der Waals surface area contributed by atoms with Gasteiger partial charge in [-0.15, -0.1) is 0 Å². The van der Waals surface area contributed by atoms with E-state index in [9.17, 15) is 0 Å². The number of pyridine rings is 1. The molecule has 1 aromatic carbocycles. The highest BCUT2D eigenvalue weighted by Crippen LogP contribution is 2.28. The summed E-state index contributed by atoms with van der Waals surface area (Å²) in [4.78, 5) is 4.43. The van der Waals surface area contributed by atoms with Crippen LogP contribution in [0.25, 0.3) is 10.9 Å². The molecular formula is C11H10N2O. The molecule has 0 saturated carbocycles. The highest BCUT2D eigenvalue weighted by molar-refractivity contribution is 5.83. The lowest BCUT2D eigenvalue weighted by Gasteiger charge is -2.18. The summed E-state index contributed by atoms with van der Waals surface area (Å²) in [5.74, 6) is 0.718. The van der Waals surface area contributed by atoms with Crippen LogP contribution in [0.1, 0.15) is 0 Å². The third-order valence-electron chi connectivity index (χ3n) is 2.35. The average Bonchev–Trinajstić information content (AvgIpc) is 2.26. The smallest absolute Gasteiger partial charge is 0.238 e. The number of hydrogen-bond acceptors (Lipinski definition) is 3. The number of hydrogen-bond donors (Lipinski definition) is 1. The van der Waals surface area contributed by atoms with Crippen LogP contribution in [0.15, 0.2) is 30.3 Å². The Kier molecular flexibility index (Phi) is 1.56. The lowest BCUT2D eigenvalue weighted by atomic mass is 10.2. The van der Waals surface area contributed by atoms with Gasteiger partial charge in [0.2, 0.25) is 5.88 Å². The van der Waals surface area contributed by atoms with Crippen LogP contribution in [0.3, 0.4) is 0 Å². The molecule has 0 radical (unpaired) electrons. The first-order chi connectivity index (χ1) is 6.93. The molecule has 3 nitrogen and oxygen atoms in total. The van der Waals surface area contributed by atoms with Gasteiger partial charge < -0.3 is 10.1 Å². The number of aromatic nitrogens is 1. The average molecular weight is 186 g/mol. The summed E-state index contributed by atoms with van der Waals surface area (Å²) in [5, 5.41) is 4.41. The second-order valence-electron chi connectivity index (χ2n) is 3.31. The van der Waals surface area contributed by atoms with Crippen LogP contribution in [-0.4, -0.2) is 18.1 Å². The van der Waals surface area contributed by atoms with Crippen molar-refractivity contribution in [3.05, 3.63) is 30.3 Å². The van der Waals surface area contributed by atoms with E-state index in [1.165, 1.54) is 0 Å². The predicted molar refractivity (Wildman–Crippen MR) is 55.7 cm³/mol. The van der Waals surface area contributed by atoms with Crippen molar-refractivity contribution >= 4 is 16.6 Å². The lowest BCUT2D eigenvalue weighted by molar-refractivity contribution is 0.311. The highest BCUT2D eigenvalue weighted by Gasteiger charge is 2.11. The molecule has 0 unspecified atom stereocenters. The Morgan fingerprint density at radius 2 is 2.21 bits per heavy atom. The van der Waals surface area contributed by atoms with Crippen molar-refractivity contribution in [1.82, 2.24) is 4.98 Å². The molecule has 2 aromatic rings. The second kappa shape index (κ2) is 2.87. The zero-order valence-electron chi connectivity index (χ0n) is 7.66. The van der Waals surface area contributed by atoms with Crippen LogP contribution in [0.5, 0.6) is 5.88 Å². The van der Waals surface area contributed by atoms with Gasteiger partial charge in [-0.2, -0.15) is 0 Å². The summed E-state index contributed by atoms with van der Waals surface area (Å²) in [5.41, 5.74) is 1.98. The molecule has 14 heavy (non-hydrogen) atoms. The summed E-state index contributed by atoms with van der Waals surface area (Å²) < 4.78 is 5.46. The maximum absolute atomic E-state index is 5.46. The van der Waals surface area contributed by atoms with Crippen LogP contribution in [0, 0.1) is 0 Å². The Labute approximate surface area is 81.7 Å². The first-order valence-corrected chi connectivity index (χ1v) is 4.70. The zero-order valence-corrected chi connectivity index (χ0v) is 7.66. The van der Waals surface area contributed by atoms with Crippen molar-refractivity contribution in [2.45, 2.75) is 0 Å². The van der Waals surface area contributed by atoms with E-state index in [0.717, 1.165) is 29.0 Å². The van der Waals surface area contributed by atoms with Gasteiger partial charge in [-0.3, -0.25) is 0 Å². The standard InChI is InChI=1S/C11H10N2O/c1-2-4-9-8(3-1)7-10-11(13-9)14-6-5-12-10/h1-4,7,12H,5-6H2. The lowest BCUT2D eigenvalue weighted by Crippen LogP contribution is -2.18. The number of nitrogens with zero attached hydrogens (tertiary/aromatic N) is 1. The van der Waals surface area contributed by atoms with Gasteiger partial charge in [0.25, 0.3) is 0 Å². The van der Waals surface area contributed by atoms with E-state index in [2.05, 4.69) is 22.4 Å². The van der Waals surface area contributed by atoms with Gasteiger partial charge in [-0.25, -0.2) is 4.98 Å². The highest BCUT2D eigenvalue weighted by atomic mass is 16.5. The summed E-state index contributed by atoms with van der Waals surface area (Å²) in [6.45, 7) is 1.55. The molecule has 0 bridgehead atoms. The van der Waals surface area contributed by atoms with Gasteiger partial charge in [-0.05, 0) is 12.1 Å². The summed E-state index contributed by atoms with van der Waals surface area (Å²) in [7, 11) is 0. The molecule has 3 heteroatoms. The topological polar surface area (TPSA) is 34.2 Å². The maximum atomic E-state index is 5.46. The van der Waals surface area contributed by atoms with E-state index in [-0.39, 0.29) is 0 Å². The van der Waals surface area contributed by atoms with Gasteiger partial charge in [0.15, 0.2) is 0 Å². The molecule has 0 atom stereocenters. The number of ether oxygens (including phenoxy) is 1. The molecule has 1 aromatic heterocycles. The van der Waals surface area contributed by atoms with Crippen LogP contribution < -0.4 is 10.1 Å². The quantitative estimate of drug-likeness (QED) is 0.683. The molecule has 3 rings (SSSR count). The fourth-order valence-electron chi connectivity index (χ4n) is 1.67. The van der Waals surface area contributed by atoms with E-state index in [1.54, 1.807) is 0 Å². The van der Waals surface area contributed by atoms with Crippen molar-refractivity contribution in [3.63, 3.8) is 0 Å². The predicted octanol–water partition coefficient (Wildman–Crippen LogP) is 2.04. The van der Waals surface area contributed by atoms with E-state index < -0.39 is 0 Å². The van der Waals surface area contributed by atoms with E-state index >= 15 is 0 Å². The molecule has 0 aliphatic carbocycles. The number of anilines is 1. The van der Waals surface area contributed by atoms with Crippen molar-refractivity contribution in [2.24, 2.45) is 0 Å². The fraction of sp³-hybridized carbons (Fsp3) is 0.182. The van der Waals surface area contributed by atoms with Gasteiger partial charge in [0.1, 0.15) is 6.61 Å². The Hall–Kier alpha value is -1.77. The molecule has 0 fully saturated rings. The first-order valence-electron chi connectivity index (χ1n) is 4.70. The summed E-state index contributed by atoms with van der Waals surface area (Å²) in [6, 6.07) is 10.1. The molecule has 1 aliphatic rings. The third-order valence-corrected chi connectivity index (χ3v) is 2.35.